The largest absolute Gasteiger partial charge is 0.393 e. The van der Waals surface area contributed by atoms with E-state index in [4.69, 9.17) is 0 Å². The Hall–Kier alpha value is -2.70. The second kappa shape index (κ2) is 8.35. The summed E-state index contributed by atoms with van der Waals surface area (Å²) < 4.78 is 0. The van der Waals surface area contributed by atoms with Gasteiger partial charge >= 0.3 is 6.03 Å². The van der Waals surface area contributed by atoms with E-state index in [1.807, 2.05) is 60.7 Å². The fourth-order valence-corrected chi connectivity index (χ4v) is 4.40. The molecule has 0 atom stereocenters. The van der Waals surface area contributed by atoms with Crippen molar-refractivity contribution in [3.8, 4) is 0 Å². The van der Waals surface area contributed by atoms with Crippen molar-refractivity contribution in [2.45, 2.75) is 37.3 Å². The maximum atomic E-state index is 13.6. The Balaban J connectivity index is 1.58. The van der Waals surface area contributed by atoms with E-state index in [0.29, 0.717) is 32.4 Å². The van der Waals surface area contributed by atoms with Crippen LogP contribution >= 0.6 is 0 Å². The minimum absolute atomic E-state index is 0.158. The summed E-state index contributed by atoms with van der Waals surface area (Å²) in [4.78, 5) is 28.9. The third-order valence-corrected chi connectivity index (χ3v) is 5.99. The minimum atomic E-state index is -0.978. The van der Waals surface area contributed by atoms with Crippen LogP contribution in [0.25, 0.3) is 0 Å². The zero-order valence-electron chi connectivity index (χ0n) is 16.5. The van der Waals surface area contributed by atoms with Crippen LogP contribution in [0.1, 0.15) is 24.0 Å². The predicted octanol–water partition coefficient (Wildman–Crippen LogP) is 0.759. The molecule has 3 N–H and O–H groups in total. The van der Waals surface area contributed by atoms with Crippen molar-refractivity contribution in [3.05, 3.63) is 71.8 Å². The molecule has 0 aliphatic carbocycles. The first-order valence-electron chi connectivity index (χ1n) is 10.3. The number of piperidine rings is 1. The van der Waals surface area contributed by atoms with Crippen molar-refractivity contribution in [3.63, 3.8) is 0 Å². The van der Waals surface area contributed by atoms with E-state index in [2.05, 4.69) is 5.32 Å². The van der Waals surface area contributed by atoms with Gasteiger partial charge < -0.3 is 15.3 Å². The van der Waals surface area contributed by atoms with Crippen LogP contribution in [0.3, 0.4) is 0 Å². The molecule has 0 aromatic heterocycles. The van der Waals surface area contributed by atoms with Crippen LogP contribution < -0.4 is 10.2 Å². The van der Waals surface area contributed by atoms with Crippen LogP contribution in [-0.2, 0) is 17.6 Å². The van der Waals surface area contributed by atoms with E-state index in [0.717, 1.165) is 29.1 Å². The Morgan fingerprint density at radius 1 is 0.931 bits per heavy atom. The molecule has 2 saturated heterocycles. The average molecular weight is 394 g/mol. The first-order valence-corrected chi connectivity index (χ1v) is 10.3. The lowest BCUT2D eigenvalue weighted by atomic mass is 9.84. The second-order valence-electron chi connectivity index (χ2n) is 8.21. The Bertz CT molecular complexity index is 807. The number of nitrogens with one attached hydrogen (secondary N) is 2. The molecular formula is C23H28N3O3+. The molecule has 0 saturated carbocycles. The number of aliphatic hydroxyl groups excluding tert-OH is 1. The number of rotatable bonds is 6. The van der Waals surface area contributed by atoms with Crippen LogP contribution in [-0.4, -0.2) is 53.3 Å². The van der Waals surface area contributed by atoms with Gasteiger partial charge in [0, 0.05) is 25.7 Å². The molecule has 0 bridgehead atoms. The molecule has 4 rings (SSSR count). The second-order valence-corrected chi connectivity index (χ2v) is 8.21. The Morgan fingerprint density at radius 2 is 1.45 bits per heavy atom. The zero-order valence-corrected chi connectivity index (χ0v) is 16.5. The zero-order chi connectivity index (χ0) is 20.3. The molecule has 0 unspecified atom stereocenters. The SMILES string of the molecule is O=C1NC(Cc2ccccc2)(Cc2ccccc2)C(=O)N1C[NH+]1CCC(O)CC1. The van der Waals surface area contributed by atoms with E-state index in [9.17, 15) is 14.7 Å². The number of imide groups is 1. The summed E-state index contributed by atoms with van der Waals surface area (Å²) in [5, 5.41) is 12.8. The fraction of sp³-hybridized carbons (Fsp3) is 0.391. The van der Waals surface area contributed by atoms with E-state index >= 15 is 0 Å². The molecular weight excluding hydrogens is 366 g/mol. The summed E-state index contributed by atoms with van der Waals surface area (Å²) in [5.74, 6) is -0.158. The number of benzene rings is 2. The number of carbonyl (C=O) groups is 2. The smallest absolute Gasteiger partial charge is 0.329 e. The van der Waals surface area contributed by atoms with Gasteiger partial charge in [0.2, 0.25) is 0 Å². The summed E-state index contributed by atoms with van der Waals surface area (Å²) in [6.45, 7) is 1.88. The molecule has 2 aromatic rings. The highest BCUT2D eigenvalue weighted by Crippen LogP contribution is 2.26. The first-order chi connectivity index (χ1) is 14.1. The van der Waals surface area contributed by atoms with Crippen LogP contribution in [0.5, 0.6) is 0 Å². The number of hydrogen-bond donors (Lipinski definition) is 3. The molecule has 152 valence electrons. The molecule has 6 heteroatoms. The predicted molar refractivity (Wildman–Crippen MR) is 109 cm³/mol. The Kier molecular flexibility index (Phi) is 5.65. The summed E-state index contributed by atoms with van der Waals surface area (Å²) >= 11 is 0. The van der Waals surface area contributed by atoms with Gasteiger partial charge in [0.25, 0.3) is 5.91 Å². The van der Waals surface area contributed by atoms with Gasteiger partial charge in [-0.1, -0.05) is 60.7 Å². The molecule has 3 amide bonds. The molecule has 2 aliphatic rings. The monoisotopic (exact) mass is 394 g/mol. The highest BCUT2D eigenvalue weighted by atomic mass is 16.3. The number of likely N-dealkylation sites (tertiary alicyclic amines) is 1. The third kappa shape index (κ3) is 4.33. The van der Waals surface area contributed by atoms with Gasteiger partial charge in [-0.25, -0.2) is 9.69 Å². The summed E-state index contributed by atoms with van der Waals surface area (Å²) in [5.41, 5.74) is 1.06. The minimum Gasteiger partial charge on any atom is -0.393 e. The topological polar surface area (TPSA) is 74.1 Å². The third-order valence-electron chi connectivity index (χ3n) is 5.99. The van der Waals surface area contributed by atoms with E-state index in [1.165, 1.54) is 4.90 Å². The molecule has 6 nitrogen and oxygen atoms in total. The standard InChI is InChI=1S/C23H27N3O3/c27-20-11-13-25(14-12-20)17-26-21(28)23(24-22(26)29,15-18-7-3-1-4-8-18)16-19-9-5-2-6-10-19/h1-10,20,27H,11-17H2,(H,24,29)/p+1. The number of aliphatic hydroxyl groups is 1. The maximum Gasteiger partial charge on any atom is 0.329 e. The molecule has 0 radical (unpaired) electrons. The number of quaternary nitrogens is 1. The highest BCUT2D eigenvalue weighted by Gasteiger charge is 2.52. The number of carbonyl (C=O) groups excluding carboxylic acids is 2. The van der Waals surface area contributed by atoms with Gasteiger partial charge in [0.1, 0.15) is 5.54 Å². The van der Waals surface area contributed by atoms with Gasteiger partial charge in [-0.05, 0) is 11.1 Å². The summed E-state index contributed by atoms with van der Waals surface area (Å²) in [6.07, 6.45) is 2.06. The molecule has 0 spiro atoms. The molecule has 2 aromatic carbocycles. The van der Waals surface area contributed by atoms with E-state index in [1.54, 1.807) is 0 Å². The Labute approximate surface area is 171 Å². The molecule has 29 heavy (non-hydrogen) atoms. The normalized spacial score (nSPS) is 23.8. The van der Waals surface area contributed by atoms with Crippen LogP contribution in [0.15, 0.2) is 60.7 Å². The fourth-order valence-electron chi connectivity index (χ4n) is 4.40. The number of hydrogen-bond acceptors (Lipinski definition) is 3. The van der Waals surface area contributed by atoms with Crippen LogP contribution in [0, 0.1) is 0 Å². The van der Waals surface area contributed by atoms with Crippen molar-refractivity contribution in [1.82, 2.24) is 10.2 Å². The quantitative estimate of drug-likeness (QED) is 0.634. The average Bonchev–Trinajstić information content (AvgIpc) is 2.95. The lowest BCUT2D eigenvalue weighted by Gasteiger charge is -2.30. The van der Waals surface area contributed by atoms with Crippen molar-refractivity contribution in [1.29, 1.82) is 0 Å². The van der Waals surface area contributed by atoms with Gasteiger partial charge in [-0.3, -0.25) is 4.79 Å². The number of urea groups is 1. The Morgan fingerprint density at radius 3 is 1.97 bits per heavy atom. The lowest BCUT2D eigenvalue weighted by molar-refractivity contribution is -0.913. The van der Waals surface area contributed by atoms with Crippen LogP contribution in [0.4, 0.5) is 4.79 Å². The summed E-state index contributed by atoms with van der Waals surface area (Å²) in [7, 11) is 0. The van der Waals surface area contributed by atoms with Crippen molar-refractivity contribution >= 4 is 11.9 Å². The van der Waals surface area contributed by atoms with Crippen molar-refractivity contribution < 1.29 is 19.6 Å². The van der Waals surface area contributed by atoms with Gasteiger partial charge in [-0.15, -0.1) is 0 Å². The number of nitrogens with zero attached hydrogens (tertiary/aromatic N) is 1. The molecule has 2 aliphatic heterocycles. The number of amides is 3. The van der Waals surface area contributed by atoms with E-state index in [-0.39, 0.29) is 18.0 Å². The van der Waals surface area contributed by atoms with Crippen molar-refractivity contribution in [2.75, 3.05) is 19.8 Å². The molecule has 2 heterocycles. The lowest BCUT2D eigenvalue weighted by Crippen LogP contribution is -3.14. The maximum absolute atomic E-state index is 13.6. The molecule has 2 fully saturated rings. The van der Waals surface area contributed by atoms with Gasteiger partial charge in [-0.2, -0.15) is 0 Å². The summed E-state index contributed by atoms with van der Waals surface area (Å²) in [6, 6.07) is 19.4. The van der Waals surface area contributed by atoms with Gasteiger partial charge in [0.15, 0.2) is 6.67 Å². The highest BCUT2D eigenvalue weighted by molar-refractivity contribution is 6.07. The van der Waals surface area contributed by atoms with Gasteiger partial charge in [0.05, 0.1) is 19.2 Å². The first kappa shape index (κ1) is 19.6. The van der Waals surface area contributed by atoms with Crippen LogP contribution in [0.2, 0.25) is 0 Å². The van der Waals surface area contributed by atoms with E-state index < -0.39 is 5.54 Å². The van der Waals surface area contributed by atoms with Crippen molar-refractivity contribution in [2.24, 2.45) is 0 Å².